The zero-order chi connectivity index (χ0) is 14.4. The minimum atomic E-state index is 0.0297. The van der Waals surface area contributed by atoms with Gasteiger partial charge in [0.15, 0.2) is 0 Å². The Labute approximate surface area is 119 Å². The van der Waals surface area contributed by atoms with Crippen molar-refractivity contribution in [3.8, 4) is 5.75 Å². The van der Waals surface area contributed by atoms with Crippen LogP contribution >= 0.6 is 0 Å². The fraction of sp³-hybridized carbons (Fsp3) is 0.235. The highest BCUT2D eigenvalue weighted by atomic mass is 16.5. The van der Waals surface area contributed by atoms with E-state index in [4.69, 9.17) is 4.74 Å². The summed E-state index contributed by atoms with van der Waals surface area (Å²) < 4.78 is 5.16. The normalized spacial score (nSPS) is 10.1. The number of aryl methyl sites for hydroxylation is 1. The first-order chi connectivity index (χ1) is 9.69. The Kier molecular flexibility index (Phi) is 4.77. The molecule has 0 unspecified atom stereocenters. The highest BCUT2D eigenvalue weighted by molar-refractivity contribution is 5.78. The Bertz CT molecular complexity index is 593. The molecule has 0 bridgehead atoms. The molecule has 0 radical (unpaired) electrons. The molecule has 1 amide bonds. The molecular formula is C17H19NO2. The molecule has 20 heavy (non-hydrogen) atoms. The van der Waals surface area contributed by atoms with E-state index in [2.05, 4.69) is 5.32 Å². The van der Waals surface area contributed by atoms with Gasteiger partial charge in [0.2, 0.25) is 5.91 Å². The first kappa shape index (κ1) is 14.1. The molecule has 0 atom stereocenters. The number of hydrogen-bond donors (Lipinski definition) is 1. The van der Waals surface area contributed by atoms with E-state index in [1.807, 2.05) is 55.5 Å². The Morgan fingerprint density at radius 2 is 1.95 bits per heavy atom. The van der Waals surface area contributed by atoms with E-state index < -0.39 is 0 Å². The number of rotatable bonds is 5. The standard InChI is InChI=1S/C17H19NO2/c1-13-6-3-4-8-15(13)11-17(19)18-12-14-7-5-9-16(10-14)20-2/h3-10H,11-12H2,1-2H3,(H,18,19). The van der Waals surface area contributed by atoms with Crippen LogP contribution < -0.4 is 10.1 Å². The minimum absolute atomic E-state index is 0.0297. The lowest BCUT2D eigenvalue weighted by Crippen LogP contribution is -2.24. The van der Waals surface area contributed by atoms with Crippen molar-refractivity contribution in [2.24, 2.45) is 0 Å². The molecule has 3 nitrogen and oxygen atoms in total. The van der Waals surface area contributed by atoms with Crippen molar-refractivity contribution in [2.45, 2.75) is 19.9 Å². The van der Waals surface area contributed by atoms with Crippen LogP contribution in [0.5, 0.6) is 5.75 Å². The summed E-state index contributed by atoms with van der Waals surface area (Å²) in [5.41, 5.74) is 3.24. The van der Waals surface area contributed by atoms with Crippen molar-refractivity contribution in [3.63, 3.8) is 0 Å². The Balaban J connectivity index is 1.90. The lowest BCUT2D eigenvalue weighted by Gasteiger charge is -2.08. The van der Waals surface area contributed by atoms with Gasteiger partial charge >= 0.3 is 0 Å². The molecule has 3 heteroatoms. The van der Waals surface area contributed by atoms with E-state index in [1.165, 1.54) is 0 Å². The van der Waals surface area contributed by atoms with Gasteiger partial charge < -0.3 is 10.1 Å². The number of carbonyl (C=O) groups excluding carboxylic acids is 1. The molecule has 0 aliphatic carbocycles. The van der Waals surface area contributed by atoms with Gasteiger partial charge in [-0.15, -0.1) is 0 Å². The number of methoxy groups -OCH3 is 1. The van der Waals surface area contributed by atoms with Crippen molar-refractivity contribution in [1.82, 2.24) is 5.32 Å². The molecule has 2 aromatic carbocycles. The lowest BCUT2D eigenvalue weighted by atomic mass is 10.1. The third-order valence-corrected chi connectivity index (χ3v) is 3.24. The third kappa shape index (κ3) is 3.85. The van der Waals surface area contributed by atoms with Gasteiger partial charge in [-0.2, -0.15) is 0 Å². The van der Waals surface area contributed by atoms with E-state index in [1.54, 1.807) is 7.11 Å². The molecule has 2 aromatic rings. The van der Waals surface area contributed by atoms with Gasteiger partial charge in [-0.1, -0.05) is 36.4 Å². The van der Waals surface area contributed by atoms with Crippen LogP contribution in [0.1, 0.15) is 16.7 Å². The first-order valence-electron chi connectivity index (χ1n) is 6.63. The highest BCUT2D eigenvalue weighted by Crippen LogP contribution is 2.12. The van der Waals surface area contributed by atoms with Crippen LogP contribution in [0.3, 0.4) is 0 Å². The van der Waals surface area contributed by atoms with Crippen molar-refractivity contribution < 1.29 is 9.53 Å². The summed E-state index contributed by atoms with van der Waals surface area (Å²) >= 11 is 0. The third-order valence-electron chi connectivity index (χ3n) is 3.24. The summed E-state index contributed by atoms with van der Waals surface area (Å²) in [5.74, 6) is 0.831. The number of hydrogen-bond acceptors (Lipinski definition) is 2. The van der Waals surface area contributed by atoms with E-state index in [0.717, 1.165) is 22.4 Å². The quantitative estimate of drug-likeness (QED) is 0.906. The second-order valence-corrected chi connectivity index (χ2v) is 4.73. The van der Waals surface area contributed by atoms with Crippen LogP contribution in [0.2, 0.25) is 0 Å². The SMILES string of the molecule is COc1cccc(CNC(=O)Cc2ccccc2C)c1. The Hall–Kier alpha value is -2.29. The fourth-order valence-corrected chi connectivity index (χ4v) is 2.03. The number of benzene rings is 2. The largest absolute Gasteiger partial charge is 0.497 e. The summed E-state index contributed by atoms with van der Waals surface area (Å²) in [6.45, 7) is 2.53. The van der Waals surface area contributed by atoms with E-state index in [-0.39, 0.29) is 5.91 Å². The van der Waals surface area contributed by atoms with Crippen molar-refractivity contribution in [2.75, 3.05) is 7.11 Å². The van der Waals surface area contributed by atoms with Crippen LogP contribution in [0.4, 0.5) is 0 Å². The van der Waals surface area contributed by atoms with E-state index >= 15 is 0 Å². The van der Waals surface area contributed by atoms with Crippen LogP contribution in [-0.2, 0) is 17.8 Å². The van der Waals surface area contributed by atoms with E-state index in [0.29, 0.717) is 13.0 Å². The van der Waals surface area contributed by atoms with Gasteiger partial charge in [-0.25, -0.2) is 0 Å². The smallest absolute Gasteiger partial charge is 0.224 e. The van der Waals surface area contributed by atoms with Crippen molar-refractivity contribution >= 4 is 5.91 Å². The number of nitrogens with one attached hydrogen (secondary N) is 1. The topological polar surface area (TPSA) is 38.3 Å². The number of ether oxygens (including phenoxy) is 1. The highest BCUT2D eigenvalue weighted by Gasteiger charge is 2.05. The van der Waals surface area contributed by atoms with Gasteiger partial charge in [0.05, 0.1) is 13.5 Å². The second-order valence-electron chi connectivity index (χ2n) is 4.73. The zero-order valence-electron chi connectivity index (χ0n) is 11.8. The maximum Gasteiger partial charge on any atom is 0.224 e. The monoisotopic (exact) mass is 269 g/mol. The molecule has 0 aromatic heterocycles. The molecule has 0 heterocycles. The minimum Gasteiger partial charge on any atom is -0.497 e. The van der Waals surface area contributed by atoms with Gasteiger partial charge in [-0.3, -0.25) is 4.79 Å². The molecule has 0 fully saturated rings. The molecule has 0 saturated carbocycles. The molecule has 0 aliphatic rings. The maximum absolute atomic E-state index is 12.0. The van der Waals surface area contributed by atoms with Gasteiger partial charge in [0, 0.05) is 6.54 Å². The summed E-state index contributed by atoms with van der Waals surface area (Å²) in [6.07, 6.45) is 0.413. The Morgan fingerprint density at radius 3 is 2.70 bits per heavy atom. The maximum atomic E-state index is 12.0. The van der Waals surface area contributed by atoms with Crippen molar-refractivity contribution in [3.05, 3.63) is 65.2 Å². The van der Waals surface area contributed by atoms with Crippen molar-refractivity contribution in [1.29, 1.82) is 0 Å². The van der Waals surface area contributed by atoms with Crippen LogP contribution in [0.25, 0.3) is 0 Å². The van der Waals surface area contributed by atoms with Crippen LogP contribution in [-0.4, -0.2) is 13.0 Å². The summed E-state index contributed by atoms with van der Waals surface area (Å²) in [6, 6.07) is 15.6. The lowest BCUT2D eigenvalue weighted by molar-refractivity contribution is -0.120. The second kappa shape index (κ2) is 6.75. The summed E-state index contributed by atoms with van der Waals surface area (Å²) in [4.78, 5) is 12.0. The Morgan fingerprint density at radius 1 is 1.15 bits per heavy atom. The molecule has 104 valence electrons. The average Bonchev–Trinajstić information content (AvgIpc) is 2.48. The number of carbonyl (C=O) groups is 1. The van der Waals surface area contributed by atoms with Crippen LogP contribution in [0, 0.1) is 6.92 Å². The van der Waals surface area contributed by atoms with Gasteiger partial charge in [0.25, 0.3) is 0 Å². The van der Waals surface area contributed by atoms with E-state index in [9.17, 15) is 4.79 Å². The molecule has 2 rings (SSSR count). The summed E-state index contributed by atoms with van der Waals surface area (Å²) in [7, 11) is 1.63. The van der Waals surface area contributed by atoms with Gasteiger partial charge in [-0.05, 0) is 35.7 Å². The molecule has 1 N–H and O–H groups in total. The molecular weight excluding hydrogens is 250 g/mol. The summed E-state index contributed by atoms with van der Waals surface area (Å²) in [5, 5.41) is 2.93. The average molecular weight is 269 g/mol. The first-order valence-corrected chi connectivity index (χ1v) is 6.63. The zero-order valence-corrected chi connectivity index (χ0v) is 11.8. The molecule has 0 spiro atoms. The van der Waals surface area contributed by atoms with Gasteiger partial charge in [0.1, 0.15) is 5.75 Å². The number of amides is 1. The predicted molar refractivity (Wildman–Crippen MR) is 79.7 cm³/mol. The molecule has 0 aliphatic heterocycles. The van der Waals surface area contributed by atoms with Crippen LogP contribution in [0.15, 0.2) is 48.5 Å². The fourth-order valence-electron chi connectivity index (χ4n) is 2.03. The predicted octanol–water partition coefficient (Wildman–Crippen LogP) is 2.86. The molecule has 0 saturated heterocycles.